The van der Waals surface area contributed by atoms with Crippen LogP contribution >= 0.6 is 0 Å². The predicted molar refractivity (Wildman–Crippen MR) is 116 cm³/mol. The van der Waals surface area contributed by atoms with Gasteiger partial charge < -0.3 is 0 Å². The number of pyridine rings is 2. The van der Waals surface area contributed by atoms with Gasteiger partial charge in [-0.3, -0.25) is 9.78 Å². The molecule has 5 heteroatoms. The van der Waals surface area contributed by atoms with Gasteiger partial charge in [0.05, 0.1) is 16.8 Å². The monoisotopic (exact) mass is 380 g/mol. The predicted octanol–water partition coefficient (Wildman–Crippen LogP) is 4.82. The van der Waals surface area contributed by atoms with Crippen LogP contribution in [0.2, 0.25) is 0 Å². The summed E-state index contributed by atoms with van der Waals surface area (Å²) in [6.07, 6.45) is 5.16. The van der Waals surface area contributed by atoms with Crippen molar-refractivity contribution in [2.75, 3.05) is 0 Å². The van der Waals surface area contributed by atoms with Gasteiger partial charge in [0.15, 0.2) is 0 Å². The van der Waals surface area contributed by atoms with E-state index in [2.05, 4.69) is 15.5 Å². The number of nitrogens with one attached hydrogen (secondary N) is 1. The topological polar surface area (TPSA) is 67.2 Å². The highest BCUT2D eigenvalue weighted by Gasteiger charge is 2.13. The lowest BCUT2D eigenvalue weighted by atomic mass is 10.0. The highest BCUT2D eigenvalue weighted by molar-refractivity contribution is 6.07. The summed E-state index contributed by atoms with van der Waals surface area (Å²) in [4.78, 5) is 21.6. The highest BCUT2D eigenvalue weighted by Crippen LogP contribution is 2.24. The van der Waals surface area contributed by atoms with Crippen molar-refractivity contribution < 1.29 is 4.79 Å². The number of hydrogen-bond donors (Lipinski definition) is 1. The van der Waals surface area contributed by atoms with E-state index in [1.54, 1.807) is 24.7 Å². The van der Waals surface area contributed by atoms with Crippen LogP contribution in [0.25, 0.3) is 22.2 Å². The van der Waals surface area contributed by atoms with Crippen LogP contribution < -0.4 is 5.43 Å². The summed E-state index contributed by atoms with van der Waals surface area (Å²) in [5.41, 5.74) is 6.72. The van der Waals surface area contributed by atoms with Crippen molar-refractivity contribution in [3.05, 3.63) is 96.3 Å². The zero-order chi connectivity index (χ0) is 20.1. The molecular weight excluding hydrogens is 360 g/mol. The molecule has 0 radical (unpaired) electrons. The van der Waals surface area contributed by atoms with Gasteiger partial charge in [-0.1, -0.05) is 55.5 Å². The second-order valence-electron chi connectivity index (χ2n) is 6.73. The van der Waals surface area contributed by atoms with E-state index >= 15 is 0 Å². The van der Waals surface area contributed by atoms with E-state index in [0.717, 1.165) is 27.7 Å². The normalized spacial score (nSPS) is 12.2. The van der Waals surface area contributed by atoms with Gasteiger partial charge in [-0.05, 0) is 29.8 Å². The maximum absolute atomic E-state index is 12.9. The summed E-state index contributed by atoms with van der Waals surface area (Å²) in [6, 6.07) is 23.2. The van der Waals surface area contributed by atoms with E-state index in [4.69, 9.17) is 4.98 Å². The van der Waals surface area contributed by atoms with E-state index in [9.17, 15) is 4.79 Å². The second-order valence-corrected chi connectivity index (χ2v) is 6.73. The van der Waals surface area contributed by atoms with Crippen LogP contribution in [0, 0.1) is 0 Å². The number of hydrogen-bond acceptors (Lipinski definition) is 4. The number of rotatable bonds is 5. The first kappa shape index (κ1) is 18.5. The fourth-order valence-corrected chi connectivity index (χ4v) is 3.14. The summed E-state index contributed by atoms with van der Waals surface area (Å²) in [7, 11) is 0. The molecule has 1 amide bonds. The minimum Gasteiger partial charge on any atom is -0.267 e. The van der Waals surface area contributed by atoms with E-state index in [-0.39, 0.29) is 11.8 Å². The highest BCUT2D eigenvalue weighted by atomic mass is 16.2. The molecule has 0 aliphatic rings. The molecule has 142 valence electrons. The summed E-state index contributed by atoms with van der Waals surface area (Å²) < 4.78 is 0. The van der Waals surface area contributed by atoms with Crippen LogP contribution in [0.5, 0.6) is 0 Å². The number of benzene rings is 2. The Morgan fingerprint density at radius 2 is 1.72 bits per heavy atom. The maximum atomic E-state index is 12.9. The molecule has 29 heavy (non-hydrogen) atoms. The summed E-state index contributed by atoms with van der Waals surface area (Å²) in [5.74, 6) is -0.173. The second kappa shape index (κ2) is 8.44. The molecule has 2 heterocycles. The molecule has 4 aromatic rings. The number of fused-ring (bicyclic) bond motifs is 1. The van der Waals surface area contributed by atoms with Gasteiger partial charge >= 0.3 is 0 Å². The first-order valence-electron chi connectivity index (χ1n) is 9.41. The Labute approximate surface area is 169 Å². The van der Waals surface area contributed by atoms with Crippen LogP contribution in [0.15, 0.2) is 90.3 Å². The Hall–Kier alpha value is -3.86. The first-order valence-corrected chi connectivity index (χ1v) is 9.41. The van der Waals surface area contributed by atoms with Crippen molar-refractivity contribution in [3.8, 4) is 11.3 Å². The SMILES string of the molecule is C[C@H](/C=N\NC(=O)c1cc(-c2ccncc2)nc2ccccc12)c1ccccc1. The molecule has 0 bridgehead atoms. The molecule has 1 N–H and O–H groups in total. The molecule has 2 aromatic heterocycles. The molecule has 0 saturated carbocycles. The van der Waals surface area contributed by atoms with Gasteiger partial charge in [0.1, 0.15) is 0 Å². The zero-order valence-corrected chi connectivity index (χ0v) is 16.0. The minimum absolute atomic E-state index is 0.0954. The third-order valence-electron chi connectivity index (χ3n) is 4.73. The number of amides is 1. The molecule has 0 unspecified atom stereocenters. The summed E-state index contributed by atoms with van der Waals surface area (Å²) in [5, 5.41) is 4.96. The van der Waals surface area contributed by atoms with Crippen molar-refractivity contribution in [1.82, 2.24) is 15.4 Å². The third kappa shape index (κ3) is 4.19. The molecule has 1 atom stereocenters. The van der Waals surface area contributed by atoms with Gasteiger partial charge in [-0.25, -0.2) is 10.4 Å². The zero-order valence-electron chi connectivity index (χ0n) is 16.0. The van der Waals surface area contributed by atoms with Crippen molar-refractivity contribution >= 4 is 23.0 Å². The van der Waals surface area contributed by atoms with E-state index in [1.165, 1.54) is 0 Å². The number of carbonyl (C=O) groups is 1. The fourth-order valence-electron chi connectivity index (χ4n) is 3.14. The van der Waals surface area contributed by atoms with Crippen LogP contribution in [0.3, 0.4) is 0 Å². The summed E-state index contributed by atoms with van der Waals surface area (Å²) >= 11 is 0. The molecular formula is C24H20N4O. The average molecular weight is 380 g/mol. The fraction of sp³-hybridized carbons (Fsp3) is 0.0833. The summed E-state index contributed by atoms with van der Waals surface area (Å²) in [6.45, 7) is 2.04. The number of nitrogens with zero attached hydrogens (tertiary/aromatic N) is 3. The van der Waals surface area contributed by atoms with E-state index < -0.39 is 0 Å². The van der Waals surface area contributed by atoms with Crippen LogP contribution in [-0.4, -0.2) is 22.1 Å². The quantitative estimate of drug-likeness (QED) is 0.399. The Morgan fingerprint density at radius 1 is 1.00 bits per heavy atom. The number of aromatic nitrogens is 2. The van der Waals surface area contributed by atoms with E-state index in [1.807, 2.05) is 73.7 Å². The van der Waals surface area contributed by atoms with Crippen molar-refractivity contribution in [3.63, 3.8) is 0 Å². The molecule has 0 aliphatic heterocycles. The molecule has 2 aromatic carbocycles. The van der Waals surface area contributed by atoms with Crippen LogP contribution in [-0.2, 0) is 0 Å². The number of hydrazone groups is 1. The average Bonchev–Trinajstić information content (AvgIpc) is 2.79. The van der Waals surface area contributed by atoms with Gasteiger partial charge in [0, 0.05) is 35.5 Å². The Bertz CT molecular complexity index is 1160. The molecule has 4 rings (SSSR count). The minimum atomic E-state index is -0.268. The maximum Gasteiger partial charge on any atom is 0.272 e. The van der Waals surface area contributed by atoms with Crippen LogP contribution in [0.4, 0.5) is 0 Å². The van der Waals surface area contributed by atoms with Gasteiger partial charge in [0.2, 0.25) is 0 Å². The third-order valence-corrected chi connectivity index (χ3v) is 4.73. The van der Waals surface area contributed by atoms with Crippen LogP contribution in [0.1, 0.15) is 28.8 Å². The van der Waals surface area contributed by atoms with Gasteiger partial charge in [-0.15, -0.1) is 0 Å². The van der Waals surface area contributed by atoms with Crippen molar-refractivity contribution in [2.24, 2.45) is 5.10 Å². The van der Waals surface area contributed by atoms with Gasteiger partial charge in [-0.2, -0.15) is 5.10 Å². The number of para-hydroxylation sites is 1. The number of carbonyl (C=O) groups excluding carboxylic acids is 1. The Morgan fingerprint density at radius 3 is 2.52 bits per heavy atom. The molecule has 0 saturated heterocycles. The van der Waals surface area contributed by atoms with Crippen molar-refractivity contribution in [2.45, 2.75) is 12.8 Å². The molecule has 0 spiro atoms. The lowest BCUT2D eigenvalue weighted by molar-refractivity contribution is 0.0956. The Balaban J connectivity index is 1.62. The van der Waals surface area contributed by atoms with Gasteiger partial charge in [0.25, 0.3) is 5.91 Å². The Kier molecular flexibility index (Phi) is 5.38. The standard InChI is InChI=1S/C24H20N4O/c1-17(18-7-3-2-4-8-18)16-26-28-24(29)21-15-23(19-11-13-25-14-12-19)27-22-10-6-5-9-20(21)22/h2-17H,1H3,(H,28,29)/b26-16-/t17-/m1/s1. The lowest BCUT2D eigenvalue weighted by Crippen LogP contribution is -2.19. The molecule has 0 aliphatic carbocycles. The lowest BCUT2D eigenvalue weighted by Gasteiger charge is -2.09. The van der Waals surface area contributed by atoms with Crippen molar-refractivity contribution in [1.29, 1.82) is 0 Å². The van der Waals surface area contributed by atoms with E-state index in [0.29, 0.717) is 5.56 Å². The molecule has 5 nitrogen and oxygen atoms in total. The largest absolute Gasteiger partial charge is 0.272 e. The first-order chi connectivity index (χ1) is 14.2. The smallest absolute Gasteiger partial charge is 0.267 e. The molecule has 0 fully saturated rings.